The summed E-state index contributed by atoms with van der Waals surface area (Å²) in [4.78, 5) is 4.34. The average Bonchev–Trinajstić information content (AvgIpc) is 2.03. The van der Waals surface area contributed by atoms with Crippen LogP contribution in [0, 0.1) is 0 Å². The summed E-state index contributed by atoms with van der Waals surface area (Å²) in [5.74, 6) is 0. The number of hydrogen-bond donors (Lipinski definition) is 1. The fraction of sp³-hybridized carbons (Fsp3) is 1.00. The van der Waals surface area contributed by atoms with Crippen LogP contribution in [-0.2, 0) is 4.89 Å². The molecule has 68 valence electrons. The lowest BCUT2D eigenvalue weighted by Gasteiger charge is -2.10. The molecule has 0 spiro atoms. The van der Waals surface area contributed by atoms with E-state index in [4.69, 9.17) is 5.26 Å². The second-order valence-electron chi connectivity index (χ2n) is 3.01. The maximum Gasteiger partial charge on any atom is 0.0927 e. The van der Waals surface area contributed by atoms with E-state index in [1.165, 1.54) is 19.3 Å². The number of unbranched alkanes of at least 4 members (excludes halogenated alkanes) is 2. The molecule has 0 aromatic heterocycles. The van der Waals surface area contributed by atoms with Crippen molar-refractivity contribution in [2.45, 2.75) is 58.5 Å². The lowest BCUT2D eigenvalue weighted by Crippen LogP contribution is -2.09. The van der Waals surface area contributed by atoms with Crippen molar-refractivity contribution in [1.82, 2.24) is 0 Å². The fourth-order valence-corrected chi connectivity index (χ4v) is 1.19. The van der Waals surface area contributed by atoms with E-state index in [9.17, 15) is 0 Å². The summed E-state index contributed by atoms with van der Waals surface area (Å²) in [5.41, 5.74) is 0. The molecule has 0 radical (unpaired) electrons. The molecule has 1 unspecified atom stereocenters. The summed E-state index contributed by atoms with van der Waals surface area (Å²) in [6.45, 7) is 4.28. The summed E-state index contributed by atoms with van der Waals surface area (Å²) in [6, 6.07) is 0. The van der Waals surface area contributed by atoms with Gasteiger partial charge in [0.05, 0.1) is 6.10 Å². The van der Waals surface area contributed by atoms with Gasteiger partial charge in [0.25, 0.3) is 0 Å². The van der Waals surface area contributed by atoms with Crippen LogP contribution in [0.1, 0.15) is 52.4 Å². The van der Waals surface area contributed by atoms with E-state index < -0.39 is 0 Å². The summed E-state index contributed by atoms with van der Waals surface area (Å²) >= 11 is 0. The molecule has 0 amide bonds. The quantitative estimate of drug-likeness (QED) is 0.352. The van der Waals surface area contributed by atoms with Crippen molar-refractivity contribution in [1.29, 1.82) is 0 Å². The maximum atomic E-state index is 8.46. The van der Waals surface area contributed by atoms with E-state index in [1.54, 1.807) is 0 Å². The first-order valence-corrected chi connectivity index (χ1v) is 4.65. The van der Waals surface area contributed by atoms with E-state index in [2.05, 4.69) is 18.7 Å². The van der Waals surface area contributed by atoms with Crippen molar-refractivity contribution >= 4 is 0 Å². The zero-order chi connectivity index (χ0) is 8.53. The second kappa shape index (κ2) is 8.02. The van der Waals surface area contributed by atoms with Crippen molar-refractivity contribution < 1.29 is 10.1 Å². The Morgan fingerprint density at radius 2 is 1.82 bits per heavy atom. The molecular weight excluding hydrogens is 140 g/mol. The molecule has 0 saturated carbocycles. The lowest BCUT2D eigenvalue weighted by molar-refractivity contribution is -0.281. The maximum absolute atomic E-state index is 8.46. The monoisotopic (exact) mass is 160 g/mol. The molecule has 0 rings (SSSR count). The van der Waals surface area contributed by atoms with Crippen LogP contribution in [0.3, 0.4) is 0 Å². The molecule has 0 heterocycles. The van der Waals surface area contributed by atoms with Gasteiger partial charge in [0.1, 0.15) is 0 Å². The Bertz CT molecular complexity index is 74.0. The van der Waals surface area contributed by atoms with Gasteiger partial charge in [-0.15, -0.1) is 0 Å². The molecule has 2 heteroatoms. The highest BCUT2D eigenvalue weighted by atomic mass is 17.1. The largest absolute Gasteiger partial charge is 0.252 e. The fourth-order valence-electron chi connectivity index (χ4n) is 1.19. The van der Waals surface area contributed by atoms with Gasteiger partial charge in [-0.2, -0.15) is 0 Å². The summed E-state index contributed by atoms with van der Waals surface area (Å²) in [5, 5.41) is 8.46. The predicted molar refractivity (Wildman–Crippen MR) is 46.6 cm³/mol. The van der Waals surface area contributed by atoms with E-state index in [-0.39, 0.29) is 6.10 Å². The van der Waals surface area contributed by atoms with E-state index in [0.717, 1.165) is 19.3 Å². The lowest BCUT2D eigenvalue weighted by atomic mass is 10.1. The molecule has 0 aromatic carbocycles. The highest BCUT2D eigenvalue weighted by molar-refractivity contribution is 4.55. The third-order valence-electron chi connectivity index (χ3n) is 1.89. The van der Waals surface area contributed by atoms with Crippen molar-refractivity contribution in [2.75, 3.05) is 0 Å². The van der Waals surface area contributed by atoms with Gasteiger partial charge in [-0.1, -0.05) is 39.5 Å². The average molecular weight is 160 g/mol. The normalized spacial score (nSPS) is 13.4. The molecule has 0 saturated heterocycles. The van der Waals surface area contributed by atoms with Crippen molar-refractivity contribution in [2.24, 2.45) is 0 Å². The summed E-state index contributed by atoms with van der Waals surface area (Å²) < 4.78 is 0. The molecule has 0 bridgehead atoms. The molecular formula is C9H20O2. The van der Waals surface area contributed by atoms with Crippen LogP contribution < -0.4 is 0 Å². The Hall–Kier alpha value is -0.0800. The highest BCUT2D eigenvalue weighted by Crippen LogP contribution is 2.10. The zero-order valence-corrected chi connectivity index (χ0v) is 7.68. The molecule has 0 aliphatic rings. The van der Waals surface area contributed by atoms with Gasteiger partial charge in [-0.05, 0) is 12.8 Å². The third-order valence-corrected chi connectivity index (χ3v) is 1.89. The van der Waals surface area contributed by atoms with E-state index in [0.29, 0.717) is 0 Å². The Balaban J connectivity index is 3.20. The van der Waals surface area contributed by atoms with Crippen LogP contribution in [0.15, 0.2) is 0 Å². The number of rotatable bonds is 7. The predicted octanol–water partition coefficient (Wildman–Crippen LogP) is 3.23. The first-order valence-electron chi connectivity index (χ1n) is 4.65. The van der Waals surface area contributed by atoms with Gasteiger partial charge in [0.15, 0.2) is 0 Å². The Labute approximate surface area is 69.5 Å². The minimum absolute atomic E-state index is 0.0755. The smallest absolute Gasteiger partial charge is 0.0927 e. The Morgan fingerprint density at radius 1 is 1.09 bits per heavy atom. The van der Waals surface area contributed by atoms with E-state index in [1.807, 2.05) is 0 Å². The van der Waals surface area contributed by atoms with Crippen LogP contribution >= 0.6 is 0 Å². The van der Waals surface area contributed by atoms with Gasteiger partial charge in [-0.3, -0.25) is 5.26 Å². The van der Waals surface area contributed by atoms with Crippen LogP contribution in [0.4, 0.5) is 0 Å². The molecule has 0 aromatic rings. The van der Waals surface area contributed by atoms with Gasteiger partial charge in [0, 0.05) is 0 Å². The molecule has 0 aliphatic carbocycles. The van der Waals surface area contributed by atoms with Crippen LogP contribution in [-0.4, -0.2) is 11.4 Å². The molecule has 11 heavy (non-hydrogen) atoms. The van der Waals surface area contributed by atoms with Crippen LogP contribution in [0.2, 0.25) is 0 Å². The SMILES string of the molecule is CCCCCC(CCC)OO. The first-order chi connectivity index (χ1) is 5.35. The van der Waals surface area contributed by atoms with Gasteiger partial charge in [-0.25, -0.2) is 4.89 Å². The minimum atomic E-state index is 0.0755. The van der Waals surface area contributed by atoms with Gasteiger partial charge >= 0.3 is 0 Å². The second-order valence-corrected chi connectivity index (χ2v) is 3.01. The van der Waals surface area contributed by atoms with Crippen molar-refractivity contribution in [3.8, 4) is 0 Å². The molecule has 0 fully saturated rings. The van der Waals surface area contributed by atoms with Crippen LogP contribution in [0.25, 0.3) is 0 Å². The first kappa shape index (κ1) is 10.9. The molecule has 1 atom stereocenters. The van der Waals surface area contributed by atoms with E-state index >= 15 is 0 Å². The van der Waals surface area contributed by atoms with Crippen molar-refractivity contribution in [3.63, 3.8) is 0 Å². The minimum Gasteiger partial charge on any atom is -0.252 e. The molecule has 0 aliphatic heterocycles. The molecule has 1 N–H and O–H groups in total. The summed E-state index contributed by atoms with van der Waals surface area (Å²) in [6.07, 6.45) is 6.76. The van der Waals surface area contributed by atoms with Crippen molar-refractivity contribution in [3.05, 3.63) is 0 Å². The third kappa shape index (κ3) is 6.32. The summed E-state index contributed by atoms with van der Waals surface area (Å²) in [7, 11) is 0. The number of hydrogen-bond acceptors (Lipinski definition) is 2. The highest BCUT2D eigenvalue weighted by Gasteiger charge is 2.05. The molecule has 2 nitrogen and oxygen atoms in total. The van der Waals surface area contributed by atoms with Gasteiger partial charge < -0.3 is 0 Å². The standard InChI is InChI=1S/C9H20O2/c1-3-5-6-8-9(11-10)7-4-2/h9-10H,3-8H2,1-2H3. The Kier molecular flexibility index (Phi) is 7.96. The topological polar surface area (TPSA) is 29.5 Å². The van der Waals surface area contributed by atoms with Gasteiger partial charge in [0.2, 0.25) is 0 Å². The van der Waals surface area contributed by atoms with Crippen LogP contribution in [0.5, 0.6) is 0 Å². The zero-order valence-electron chi connectivity index (χ0n) is 7.68. The Morgan fingerprint density at radius 3 is 2.27 bits per heavy atom.